The van der Waals surface area contributed by atoms with Crippen molar-refractivity contribution in [2.45, 2.75) is 38.3 Å². The number of hydrogen-bond donors (Lipinski definition) is 1. The molecule has 0 aromatic rings. The lowest BCUT2D eigenvalue weighted by Gasteiger charge is -2.45. The molecule has 0 radical (unpaired) electrons. The van der Waals surface area contributed by atoms with Crippen molar-refractivity contribution in [1.82, 2.24) is 4.90 Å². The Bertz CT molecular complexity index is 155. The topological polar surface area (TPSA) is 29.3 Å². The molecule has 0 atom stereocenters. The Hall–Kier alpha value is -0.0800. The molecule has 1 saturated carbocycles. The molecule has 1 saturated heterocycles. The molecule has 1 aliphatic heterocycles. The van der Waals surface area contributed by atoms with Gasteiger partial charge in [0.2, 0.25) is 0 Å². The van der Waals surface area contributed by atoms with Crippen LogP contribution in [0.3, 0.4) is 0 Å². The van der Waals surface area contributed by atoms with Gasteiger partial charge in [-0.3, -0.25) is 0 Å². The van der Waals surface area contributed by atoms with E-state index >= 15 is 0 Å². The van der Waals surface area contributed by atoms with Crippen LogP contribution in [0.4, 0.5) is 0 Å². The van der Waals surface area contributed by atoms with Gasteiger partial charge in [0.15, 0.2) is 0 Å². The van der Waals surface area contributed by atoms with E-state index in [9.17, 15) is 0 Å². The Kier molecular flexibility index (Phi) is 1.52. The van der Waals surface area contributed by atoms with Gasteiger partial charge in [0.25, 0.3) is 0 Å². The average Bonchev–Trinajstić information content (AvgIpc) is 2.42. The first-order valence-corrected chi connectivity index (χ1v) is 4.65. The minimum Gasteiger partial charge on any atom is -0.325 e. The highest BCUT2D eigenvalue weighted by atomic mass is 15.2. The fourth-order valence-corrected chi connectivity index (χ4v) is 1.85. The highest BCUT2D eigenvalue weighted by Gasteiger charge is 2.50. The number of nitrogens with two attached hydrogens (primary N) is 1. The zero-order valence-electron chi connectivity index (χ0n) is 7.51. The van der Waals surface area contributed by atoms with Gasteiger partial charge in [0, 0.05) is 30.6 Å². The van der Waals surface area contributed by atoms with Gasteiger partial charge in [0.1, 0.15) is 0 Å². The summed E-state index contributed by atoms with van der Waals surface area (Å²) in [6, 6.07) is 0.716. The number of likely N-dealkylation sites (tertiary alicyclic amines) is 1. The smallest absolute Gasteiger partial charge is 0.0208 e. The second kappa shape index (κ2) is 2.20. The number of hydrogen-bond acceptors (Lipinski definition) is 2. The summed E-state index contributed by atoms with van der Waals surface area (Å²) in [5.41, 5.74) is 6.36. The Morgan fingerprint density at radius 1 is 1.36 bits per heavy atom. The minimum absolute atomic E-state index is 0.269. The first-order chi connectivity index (χ1) is 5.12. The van der Waals surface area contributed by atoms with Gasteiger partial charge in [-0.15, -0.1) is 0 Å². The predicted molar refractivity (Wildman–Crippen MR) is 46.4 cm³/mol. The largest absolute Gasteiger partial charge is 0.325 e. The Morgan fingerprint density at radius 2 is 1.91 bits per heavy atom. The van der Waals surface area contributed by atoms with E-state index in [-0.39, 0.29) is 5.54 Å². The normalized spacial score (nSPS) is 30.5. The van der Waals surface area contributed by atoms with Crippen molar-refractivity contribution in [3.05, 3.63) is 0 Å². The fraction of sp³-hybridized carbons (Fsp3) is 1.00. The molecule has 1 aliphatic carbocycles. The molecule has 2 nitrogen and oxygen atoms in total. The molecule has 1 heterocycles. The lowest BCUT2D eigenvalue weighted by Crippen LogP contribution is -2.57. The van der Waals surface area contributed by atoms with Crippen molar-refractivity contribution in [2.75, 3.05) is 13.1 Å². The minimum atomic E-state index is 0.269. The molecule has 2 rings (SSSR count). The standard InChI is InChI=1S/C9H18N2/c1-7(2)11-5-8(6-11)9(10)3-4-9/h7-8H,3-6,10H2,1-2H3. The second-order valence-electron chi connectivity index (χ2n) is 4.48. The van der Waals surface area contributed by atoms with Gasteiger partial charge in [0.05, 0.1) is 0 Å². The SMILES string of the molecule is CC(C)N1CC(C2(N)CC2)C1. The zero-order chi connectivity index (χ0) is 8.06. The quantitative estimate of drug-likeness (QED) is 0.638. The van der Waals surface area contributed by atoms with E-state index in [1.807, 2.05) is 0 Å². The van der Waals surface area contributed by atoms with E-state index in [4.69, 9.17) is 5.73 Å². The third kappa shape index (κ3) is 1.18. The molecule has 64 valence electrons. The first-order valence-electron chi connectivity index (χ1n) is 4.65. The molecule has 0 bridgehead atoms. The van der Waals surface area contributed by atoms with Gasteiger partial charge < -0.3 is 10.6 Å². The van der Waals surface area contributed by atoms with E-state index in [1.165, 1.54) is 25.9 Å². The van der Waals surface area contributed by atoms with Crippen LogP contribution in [0.2, 0.25) is 0 Å². The van der Waals surface area contributed by atoms with E-state index in [0.717, 1.165) is 5.92 Å². The average molecular weight is 154 g/mol. The molecule has 11 heavy (non-hydrogen) atoms. The molecule has 0 aromatic carbocycles. The summed E-state index contributed by atoms with van der Waals surface area (Å²) in [6.45, 7) is 7.00. The summed E-state index contributed by atoms with van der Waals surface area (Å²) in [6.07, 6.45) is 2.53. The molecular weight excluding hydrogens is 136 g/mol. The first kappa shape index (κ1) is 7.56. The van der Waals surface area contributed by atoms with Crippen molar-refractivity contribution >= 4 is 0 Å². The van der Waals surface area contributed by atoms with E-state index < -0.39 is 0 Å². The van der Waals surface area contributed by atoms with Crippen LogP contribution in [0, 0.1) is 5.92 Å². The highest BCUT2D eigenvalue weighted by Crippen LogP contribution is 2.43. The summed E-state index contributed by atoms with van der Waals surface area (Å²) in [4.78, 5) is 2.50. The molecular formula is C9H18N2. The van der Waals surface area contributed by atoms with E-state index in [1.54, 1.807) is 0 Å². The summed E-state index contributed by atoms with van der Waals surface area (Å²) >= 11 is 0. The zero-order valence-corrected chi connectivity index (χ0v) is 7.51. The van der Waals surface area contributed by atoms with Gasteiger partial charge >= 0.3 is 0 Å². The molecule has 2 aliphatic rings. The lowest BCUT2D eigenvalue weighted by atomic mass is 9.89. The van der Waals surface area contributed by atoms with Gasteiger partial charge in [-0.25, -0.2) is 0 Å². The molecule has 0 spiro atoms. The summed E-state index contributed by atoms with van der Waals surface area (Å²) in [5, 5.41) is 0. The highest BCUT2D eigenvalue weighted by molar-refractivity contribution is 5.09. The summed E-state index contributed by atoms with van der Waals surface area (Å²) < 4.78 is 0. The molecule has 2 N–H and O–H groups in total. The van der Waals surface area contributed by atoms with Crippen LogP contribution in [0.5, 0.6) is 0 Å². The summed E-state index contributed by atoms with van der Waals surface area (Å²) in [5.74, 6) is 0.810. The molecule has 2 fully saturated rings. The van der Waals surface area contributed by atoms with Crippen LogP contribution >= 0.6 is 0 Å². The summed E-state index contributed by atoms with van der Waals surface area (Å²) in [7, 11) is 0. The van der Waals surface area contributed by atoms with Crippen molar-refractivity contribution in [2.24, 2.45) is 11.7 Å². The van der Waals surface area contributed by atoms with Crippen LogP contribution in [0.25, 0.3) is 0 Å². The van der Waals surface area contributed by atoms with E-state index in [2.05, 4.69) is 18.7 Å². The van der Waals surface area contributed by atoms with Crippen molar-refractivity contribution in [3.63, 3.8) is 0 Å². The maximum absolute atomic E-state index is 6.09. The number of nitrogens with zero attached hydrogens (tertiary/aromatic N) is 1. The van der Waals surface area contributed by atoms with Gasteiger partial charge in [-0.1, -0.05) is 0 Å². The Balaban J connectivity index is 1.80. The third-order valence-corrected chi connectivity index (χ3v) is 3.28. The molecule has 0 aromatic heterocycles. The monoisotopic (exact) mass is 154 g/mol. The lowest BCUT2D eigenvalue weighted by molar-refractivity contribution is 0.0463. The van der Waals surface area contributed by atoms with Crippen LogP contribution in [0.15, 0.2) is 0 Å². The van der Waals surface area contributed by atoms with Crippen LogP contribution < -0.4 is 5.73 Å². The maximum Gasteiger partial charge on any atom is 0.0208 e. The number of rotatable bonds is 2. The molecule has 2 heteroatoms. The van der Waals surface area contributed by atoms with Gasteiger partial charge in [-0.05, 0) is 26.7 Å². The van der Waals surface area contributed by atoms with Crippen molar-refractivity contribution in [3.8, 4) is 0 Å². The van der Waals surface area contributed by atoms with Crippen LogP contribution in [0.1, 0.15) is 26.7 Å². The van der Waals surface area contributed by atoms with E-state index in [0.29, 0.717) is 6.04 Å². The Morgan fingerprint density at radius 3 is 2.27 bits per heavy atom. The molecule has 0 unspecified atom stereocenters. The maximum atomic E-state index is 6.09. The van der Waals surface area contributed by atoms with Crippen LogP contribution in [-0.4, -0.2) is 29.6 Å². The Labute approximate surface area is 68.7 Å². The third-order valence-electron chi connectivity index (χ3n) is 3.28. The van der Waals surface area contributed by atoms with Crippen LogP contribution in [-0.2, 0) is 0 Å². The fourth-order valence-electron chi connectivity index (χ4n) is 1.85. The van der Waals surface area contributed by atoms with Crippen molar-refractivity contribution in [1.29, 1.82) is 0 Å². The van der Waals surface area contributed by atoms with Gasteiger partial charge in [-0.2, -0.15) is 0 Å². The molecule has 0 amide bonds. The second-order valence-corrected chi connectivity index (χ2v) is 4.48. The van der Waals surface area contributed by atoms with Crippen molar-refractivity contribution < 1.29 is 0 Å². The predicted octanol–water partition coefficient (Wildman–Crippen LogP) is 0.818.